The smallest absolute Gasteiger partial charge is 0.241 e. The lowest BCUT2D eigenvalue weighted by Crippen LogP contribution is -2.42. The van der Waals surface area contributed by atoms with Gasteiger partial charge < -0.3 is 25.4 Å². The van der Waals surface area contributed by atoms with E-state index in [-0.39, 0.29) is 42.5 Å². The lowest BCUT2D eigenvalue weighted by Gasteiger charge is -2.19. The molecule has 3 N–H and O–H groups in total. The zero-order valence-electron chi connectivity index (χ0n) is 18.4. The van der Waals surface area contributed by atoms with Gasteiger partial charge in [-0.1, -0.05) is 42.5 Å². The second-order valence-electron chi connectivity index (χ2n) is 6.74. The molecule has 2 aromatic rings. The first-order valence-electron chi connectivity index (χ1n) is 10.2. The molecule has 0 aliphatic carbocycles. The highest BCUT2D eigenvalue weighted by molar-refractivity contribution is 14.0. The number of carbonyl (C=O) groups excluding carboxylic acids is 1. The van der Waals surface area contributed by atoms with Crippen LogP contribution < -0.4 is 25.4 Å². The highest BCUT2D eigenvalue weighted by atomic mass is 127. The number of ether oxygens (including phenoxy) is 2. The molecule has 0 saturated carbocycles. The summed E-state index contributed by atoms with van der Waals surface area (Å²) in [5, 5.41) is 9.25. The minimum atomic E-state index is -0.121. The minimum absolute atomic E-state index is 0. The van der Waals surface area contributed by atoms with Crippen molar-refractivity contribution in [2.45, 2.75) is 26.4 Å². The van der Waals surface area contributed by atoms with Crippen molar-refractivity contribution in [1.29, 1.82) is 0 Å². The Labute approximate surface area is 202 Å². The number of hydrogen-bond donors (Lipinski definition) is 3. The van der Waals surface area contributed by atoms with E-state index in [2.05, 4.69) is 20.9 Å². The lowest BCUT2D eigenvalue weighted by molar-refractivity contribution is -0.119. The number of para-hydroxylation sites is 2. The third kappa shape index (κ3) is 10.4. The van der Waals surface area contributed by atoms with Crippen molar-refractivity contribution in [3.63, 3.8) is 0 Å². The van der Waals surface area contributed by atoms with Crippen LogP contribution in [0.15, 0.2) is 59.6 Å². The van der Waals surface area contributed by atoms with Crippen molar-refractivity contribution in [3.8, 4) is 11.5 Å². The number of nitrogens with one attached hydrogen (secondary N) is 3. The van der Waals surface area contributed by atoms with Crippen molar-refractivity contribution in [3.05, 3.63) is 60.2 Å². The first-order chi connectivity index (χ1) is 14.6. The Morgan fingerprint density at radius 3 is 2.35 bits per heavy atom. The highest BCUT2D eigenvalue weighted by Crippen LogP contribution is 2.26. The molecular weight excluding hydrogens is 507 g/mol. The van der Waals surface area contributed by atoms with E-state index >= 15 is 0 Å². The molecule has 0 saturated heterocycles. The van der Waals surface area contributed by atoms with E-state index in [1.807, 2.05) is 68.4 Å². The summed E-state index contributed by atoms with van der Waals surface area (Å²) in [5.41, 5.74) is 1.19. The molecule has 0 aliphatic heterocycles. The first kappa shape index (κ1) is 26.5. The van der Waals surface area contributed by atoms with Gasteiger partial charge in [-0.2, -0.15) is 0 Å². The van der Waals surface area contributed by atoms with Crippen LogP contribution in [0.2, 0.25) is 0 Å². The maximum Gasteiger partial charge on any atom is 0.241 e. The molecule has 0 bridgehead atoms. The predicted octanol–water partition coefficient (Wildman–Crippen LogP) is 2.99. The van der Waals surface area contributed by atoms with Gasteiger partial charge in [0, 0.05) is 13.1 Å². The number of rotatable bonds is 11. The molecule has 170 valence electrons. The molecule has 31 heavy (non-hydrogen) atoms. The molecule has 8 heteroatoms. The Kier molecular flexibility index (Phi) is 13.1. The maximum atomic E-state index is 12.1. The summed E-state index contributed by atoms with van der Waals surface area (Å²) in [6.45, 7) is 5.81. The Morgan fingerprint density at radius 1 is 1.00 bits per heavy atom. The number of aliphatic imine (C=N–C) groups is 1. The fraction of sp³-hybridized carbons (Fsp3) is 0.391. The molecule has 0 fully saturated rings. The van der Waals surface area contributed by atoms with E-state index in [1.54, 1.807) is 7.11 Å². The van der Waals surface area contributed by atoms with Gasteiger partial charge in [-0.15, -0.1) is 24.0 Å². The molecule has 1 amide bonds. The van der Waals surface area contributed by atoms with Crippen LogP contribution >= 0.6 is 24.0 Å². The summed E-state index contributed by atoms with van der Waals surface area (Å²) < 4.78 is 11.2. The van der Waals surface area contributed by atoms with Gasteiger partial charge in [-0.25, -0.2) is 4.99 Å². The zero-order valence-corrected chi connectivity index (χ0v) is 20.7. The molecule has 0 radical (unpaired) electrons. The average molecular weight is 540 g/mol. The Bertz CT molecular complexity index is 802. The summed E-state index contributed by atoms with van der Waals surface area (Å²) in [5.74, 6) is 1.85. The number of methoxy groups -OCH3 is 1. The van der Waals surface area contributed by atoms with Gasteiger partial charge in [-0.05, 0) is 38.0 Å². The monoisotopic (exact) mass is 540 g/mol. The molecule has 1 atom stereocenters. The minimum Gasteiger partial charge on any atom is -0.493 e. The van der Waals surface area contributed by atoms with E-state index in [1.165, 1.54) is 5.56 Å². The van der Waals surface area contributed by atoms with Crippen LogP contribution in [0.25, 0.3) is 0 Å². The Hall–Kier alpha value is -2.49. The van der Waals surface area contributed by atoms with Gasteiger partial charge in [0.1, 0.15) is 12.6 Å². The van der Waals surface area contributed by atoms with Gasteiger partial charge in [0.15, 0.2) is 17.5 Å². The number of guanidine groups is 1. The maximum absolute atomic E-state index is 12.1. The summed E-state index contributed by atoms with van der Waals surface area (Å²) in [7, 11) is 1.62. The molecule has 0 aromatic heterocycles. The van der Waals surface area contributed by atoms with Crippen LogP contribution in [0.1, 0.15) is 19.4 Å². The van der Waals surface area contributed by atoms with E-state index in [0.717, 1.165) is 6.42 Å². The van der Waals surface area contributed by atoms with Crippen LogP contribution in [0.5, 0.6) is 11.5 Å². The van der Waals surface area contributed by atoms with E-state index in [0.29, 0.717) is 37.1 Å². The second kappa shape index (κ2) is 15.3. The number of halogens is 1. The zero-order chi connectivity index (χ0) is 21.6. The van der Waals surface area contributed by atoms with Crippen LogP contribution in [-0.2, 0) is 11.2 Å². The predicted molar refractivity (Wildman–Crippen MR) is 136 cm³/mol. The number of hydrogen-bond acceptors (Lipinski definition) is 4. The molecule has 0 aliphatic rings. The van der Waals surface area contributed by atoms with E-state index in [4.69, 9.17) is 9.47 Å². The standard InChI is InChI=1S/C23H32N4O3.HI/c1-4-24-23(26-16-18(2)30-21-13-9-8-12-20(21)29-3)27-17-22(28)25-15-14-19-10-6-5-7-11-19;/h5-13,18H,4,14-17H2,1-3H3,(H,25,28)(H2,24,26,27);1H. The number of amides is 1. The molecule has 0 heterocycles. The average Bonchev–Trinajstić information content (AvgIpc) is 2.77. The largest absolute Gasteiger partial charge is 0.493 e. The SMILES string of the molecule is CCNC(=NCC(=O)NCCc1ccccc1)NCC(C)Oc1ccccc1OC.I. The summed E-state index contributed by atoms with van der Waals surface area (Å²) in [6.07, 6.45) is 0.678. The van der Waals surface area contributed by atoms with Crippen LogP contribution in [-0.4, -0.2) is 51.3 Å². The quantitative estimate of drug-likeness (QED) is 0.232. The number of benzene rings is 2. The van der Waals surface area contributed by atoms with Crippen molar-refractivity contribution in [2.75, 3.05) is 33.3 Å². The van der Waals surface area contributed by atoms with Crippen molar-refractivity contribution >= 4 is 35.8 Å². The highest BCUT2D eigenvalue weighted by Gasteiger charge is 2.10. The topological polar surface area (TPSA) is 84.0 Å². The van der Waals surface area contributed by atoms with Gasteiger partial charge in [0.25, 0.3) is 0 Å². The first-order valence-corrected chi connectivity index (χ1v) is 10.2. The van der Waals surface area contributed by atoms with Gasteiger partial charge in [-0.3, -0.25) is 4.79 Å². The van der Waals surface area contributed by atoms with Crippen molar-refractivity contribution in [1.82, 2.24) is 16.0 Å². The van der Waals surface area contributed by atoms with E-state index in [9.17, 15) is 4.79 Å². The molecule has 7 nitrogen and oxygen atoms in total. The molecule has 1 unspecified atom stereocenters. The molecule has 0 spiro atoms. The number of nitrogens with zero attached hydrogens (tertiary/aromatic N) is 1. The Morgan fingerprint density at radius 2 is 1.68 bits per heavy atom. The third-order valence-corrected chi connectivity index (χ3v) is 4.26. The van der Waals surface area contributed by atoms with Crippen molar-refractivity contribution in [2.24, 2.45) is 4.99 Å². The third-order valence-electron chi connectivity index (χ3n) is 4.26. The van der Waals surface area contributed by atoms with Gasteiger partial charge in [0.05, 0.1) is 13.7 Å². The fourth-order valence-electron chi connectivity index (χ4n) is 2.75. The fourth-order valence-corrected chi connectivity index (χ4v) is 2.75. The van der Waals surface area contributed by atoms with Crippen LogP contribution in [0, 0.1) is 0 Å². The van der Waals surface area contributed by atoms with Gasteiger partial charge >= 0.3 is 0 Å². The molecular formula is C23H33IN4O3. The van der Waals surface area contributed by atoms with Crippen LogP contribution in [0.3, 0.4) is 0 Å². The molecule has 2 aromatic carbocycles. The molecule has 2 rings (SSSR count). The van der Waals surface area contributed by atoms with Crippen LogP contribution in [0.4, 0.5) is 0 Å². The Balaban J connectivity index is 0.00000480. The lowest BCUT2D eigenvalue weighted by atomic mass is 10.1. The van der Waals surface area contributed by atoms with Crippen molar-refractivity contribution < 1.29 is 14.3 Å². The second-order valence-corrected chi connectivity index (χ2v) is 6.74. The van der Waals surface area contributed by atoms with E-state index < -0.39 is 0 Å². The summed E-state index contributed by atoms with van der Waals surface area (Å²) >= 11 is 0. The number of carbonyl (C=O) groups is 1. The summed E-state index contributed by atoms with van der Waals surface area (Å²) in [6, 6.07) is 17.6. The van der Waals surface area contributed by atoms with Gasteiger partial charge in [0.2, 0.25) is 5.91 Å². The summed E-state index contributed by atoms with van der Waals surface area (Å²) in [4.78, 5) is 16.4. The normalized spacial score (nSPS) is 11.6.